The van der Waals surface area contributed by atoms with E-state index in [-0.39, 0.29) is 25.6 Å². The van der Waals surface area contributed by atoms with E-state index in [0.29, 0.717) is 5.69 Å². The number of methoxy groups -OCH3 is 1. The average Bonchev–Trinajstić information content (AvgIpc) is 3.48. The summed E-state index contributed by atoms with van der Waals surface area (Å²) in [7, 11) is 1.37. The van der Waals surface area contributed by atoms with Crippen LogP contribution in [0.5, 0.6) is 0 Å². The minimum atomic E-state index is -1.22. The van der Waals surface area contributed by atoms with Gasteiger partial charge in [0.2, 0.25) is 5.91 Å². The van der Waals surface area contributed by atoms with E-state index in [1.165, 1.54) is 19.6 Å². The van der Waals surface area contributed by atoms with Crippen molar-refractivity contribution in [1.82, 2.24) is 20.6 Å². The molecule has 0 radical (unpaired) electrons. The van der Waals surface area contributed by atoms with Gasteiger partial charge in [0, 0.05) is 31.3 Å². The zero-order valence-electron chi connectivity index (χ0n) is 19.1. The summed E-state index contributed by atoms with van der Waals surface area (Å²) < 4.78 is 10.5. The number of rotatable bonds is 10. The Hall–Kier alpha value is -4.18. The summed E-state index contributed by atoms with van der Waals surface area (Å²) in [5.74, 6) is -2.05. The number of benzene rings is 2. The van der Waals surface area contributed by atoms with Crippen molar-refractivity contribution in [2.45, 2.75) is 24.4 Å². The van der Waals surface area contributed by atoms with E-state index in [1.807, 2.05) is 48.5 Å². The quantitative estimate of drug-likeness (QED) is 0.349. The molecule has 0 aliphatic heterocycles. The number of nitrogens with zero attached hydrogens (tertiary/aromatic N) is 1. The molecular weight excluding hydrogens is 452 g/mol. The lowest BCUT2D eigenvalue weighted by Gasteiger charge is -2.21. The number of aromatic nitrogens is 2. The Balaban J connectivity index is 1.38. The first-order valence-corrected chi connectivity index (χ1v) is 11.1. The van der Waals surface area contributed by atoms with E-state index in [2.05, 4.69) is 20.6 Å². The van der Waals surface area contributed by atoms with Gasteiger partial charge in [-0.25, -0.2) is 14.6 Å². The first-order valence-electron chi connectivity index (χ1n) is 11.1. The van der Waals surface area contributed by atoms with E-state index in [4.69, 9.17) is 9.47 Å². The SMILES string of the molecule is COC[C@H](NC(=O)OCC1c2ccccc2-c2ccccc21)C(=O)N[C@H](Cc1cnc[nH]1)C(=O)O. The number of carbonyl (C=O) groups is 3. The van der Waals surface area contributed by atoms with Gasteiger partial charge >= 0.3 is 12.1 Å². The molecule has 35 heavy (non-hydrogen) atoms. The summed E-state index contributed by atoms with van der Waals surface area (Å²) in [6.07, 6.45) is 2.10. The number of alkyl carbamates (subject to hydrolysis) is 1. The number of carbonyl (C=O) groups excluding carboxylic acids is 2. The number of hydrogen-bond acceptors (Lipinski definition) is 6. The number of hydrogen-bond donors (Lipinski definition) is 4. The van der Waals surface area contributed by atoms with Gasteiger partial charge in [-0.05, 0) is 22.3 Å². The van der Waals surface area contributed by atoms with Crippen LogP contribution in [0.15, 0.2) is 61.1 Å². The number of fused-ring (bicyclic) bond motifs is 3. The van der Waals surface area contributed by atoms with Crippen LogP contribution in [0.2, 0.25) is 0 Å². The van der Waals surface area contributed by atoms with Gasteiger partial charge in [-0.3, -0.25) is 4.79 Å². The molecule has 4 rings (SSSR count). The van der Waals surface area contributed by atoms with E-state index in [9.17, 15) is 19.5 Å². The molecule has 10 heteroatoms. The highest BCUT2D eigenvalue weighted by atomic mass is 16.5. The zero-order chi connectivity index (χ0) is 24.8. The third-order valence-corrected chi connectivity index (χ3v) is 5.88. The predicted molar refractivity (Wildman–Crippen MR) is 126 cm³/mol. The summed E-state index contributed by atoms with van der Waals surface area (Å²) in [5, 5.41) is 14.4. The molecule has 3 aromatic rings. The van der Waals surface area contributed by atoms with Gasteiger partial charge in [-0.2, -0.15) is 0 Å². The minimum absolute atomic E-state index is 0.00567. The minimum Gasteiger partial charge on any atom is -0.480 e. The van der Waals surface area contributed by atoms with Gasteiger partial charge in [0.1, 0.15) is 18.7 Å². The Morgan fingerprint density at radius 2 is 1.69 bits per heavy atom. The van der Waals surface area contributed by atoms with Crippen molar-refractivity contribution in [3.63, 3.8) is 0 Å². The number of ether oxygens (including phenoxy) is 2. The molecule has 0 fully saturated rings. The lowest BCUT2D eigenvalue weighted by molar-refractivity contribution is -0.142. The molecule has 182 valence electrons. The van der Waals surface area contributed by atoms with Gasteiger partial charge in [-0.15, -0.1) is 0 Å². The number of nitrogens with one attached hydrogen (secondary N) is 3. The van der Waals surface area contributed by atoms with E-state index in [0.717, 1.165) is 22.3 Å². The number of H-pyrrole nitrogens is 1. The molecule has 4 N–H and O–H groups in total. The first-order chi connectivity index (χ1) is 17.0. The molecule has 0 saturated carbocycles. The van der Waals surface area contributed by atoms with E-state index >= 15 is 0 Å². The van der Waals surface area contributed by atoms with Crippen molar-refractivity contribution in [1.29, 1.82) is 0 Å². The highest BCUT2D eigenvalue weighted by Crippen LogP contribution is 2.44. The lowest BCUT2D eigenvalue weighted by atomic mass is 9.98. The first kappa shape index (κ1) is 24.0. The second-order valence-electron chi connectivity index (χ2n) is 8.16. The van der Waals surface area contributed by atoms with Crippen molar-refractivity contribution < 1.29 is 29.0 Å². The molecule has 1 heterocycles. The summed E-state index contributed by atoms with van der Waals surface area (Å²) >= 11 is 0. The van der Waals surface area contributed by atoms with Gasteiger partial charge in [0.05, 0.1) is 12.9 Å². The van der Waals surface area contributed by atoms with Crippen LogP contribution in [0.25, 0.3) is 11.1 Å². The van der Waals surface area contributed by atoms with Crippen LogP contribution in [0.4, 0.5) is 4.79 Å². The second-order valence-corrected chi connectivity index (χ2v) is 8.16. The Labute approximate surface area is 201 Å². The van der Waals surface area contributed by atoms with Crippen LogP contribution in [-0.2, 0) is 25.5 Å². The van der Waals surface area contributed by atoms with Crippen LogP contribution in [0, 0.1) is 0 Å². The molecule has 10 nitrogen and oxygen atoms in total. The Bertz CT molecular complexity index is 1150. The summed E-state index contributed by atoms with van der Waals surface area (Å²) in [4.78, 5) is 43.6. The monoisotopic (exact) mass is 478 g/mol. The van der Waals surface area contributed by atoms with Crippen LogP contribution >= 0.6 is 0 Å². The molecule has 2 aromatic carbocycles. The van der Waals surface area contributed by atoms with Crippen LogP contribution in [0.1, 0.15) is 22.7 Å². The summed E-state index contributed by atoms with van der Waals surface area (Å²) in [5.41, 5.74) is 4.88. The fraction of sp³-hybridized carbons (Fsp3) is 0.280. The number of aliphatic carboxylic acids is 1. The molecule has 2 amide bonds. The molecule has 0 saturated heterocycles. The van der Waals surface area contributed by atoms with Crippen LogP contribution < -0.4 is 10.6 Å². The zero-order valence-corrected chi connectivity index (χ0v) is 19.1. The molecule has 1 aromatic heterocycles. The Morgan fingerprint density at radius 3 is 2.26 bits per heavy atom. The van der Waals surface area contributed by atoms with Crippen molar-refractivity contribution in [3.8, 4) is 11.1 Å². The van der Waals surface area contributed by atoms with Crippen molar-refractivity contribution in [2.75, 3.05) is 20.3 Å². The number of aromatic amines is 1. The highest BCUT2D eigenvalue weighted by molar-refractivity contribution is 5.89. The number of carboxylic acid groups (broad SMARTS) is 1. The van der Waals surface area contributed by atoms with Crippen molar-refractivity contribution in [3.05, 3.63) is 77.9 Å². The summed E-state index contributed by atoms with van der Waals surface area (Å²) in [6.45, 7) is -0.0782. The van der Waals surface area contributed by atoms with Gasteiger partial charge < -0.3 is 30.2 Å². The summed E-state index contributed by atoms with van der Waals surface area (Å²) in [6, 6.07) is 13.6. The van der Waals surface area contributed by atoms with Crippen LogP contribution in [0.3, 0.4) is 0 Å². The standard InChI is InChI=1S/C25H26N4O6/c1-34-13-22(23(30)28-21(24(31)32)10-15-11-26-14-27-15)29-25(33)35-12-20-18-8-4-2-6-16(18)17-7-3-5-9-19(17)20/h2-9,11,14,20-22H,10,12-13H2,1H3,(H,26,27)(H,28,30)(H,29,33)(H,31,32)/t21-,22+/m1/s1. The van der Waals surface area contributed by atoms with Gasteiger partial charge in [0.25, 0.3) is 0 Å². The average molecular weight is 479 g/mol. The maximum Gasteiger partial charge on any atom is 0.407 e. The number of imidazole rings is 1. The topological polar surface area (TPSA) is 143 Å². The fourth-order valence-electron chi connectivity index (χ4n) is 4.22. The second kappa shape index (κ2) is 10.8. The highest BCUT2D eigenvalue weighted by Gasteiger charge is 2.31. The third kappa shape index (κ3) is 5.49. The Kier molecular flexibility index (Phi) is 7.41. The van der Waals surface area contributed by atoms with E-state index in [1.54, 1.807) is 0 Å². The Morgan fingerprint density at radius 1 is 1.03 bits per heavy atom. The van der Waals surface area contributed by atoms with Gasteiger partial charge in [-0.1, -0.05) is 48.5 Å². The van der Waals surface area contributed by atoms with Gasteiger partial charge in [0.15, 0.2) is 0 Å². The van der Waals surface area contributed by atoms with E-state index < -0.39 is 30.1 Å². The number of carboxylic acids is 1. The molecule has 0 spiro atoms. The fourth-order valence-corrected chi connectivity index (χ4v) is 4.22. The molecular formula is C25H26N4O6. The smallest absolute Gasteiger partial charge is 0.407 e. The largest absolute Gasteiger partial charge is 0.480 e. The maximum atomic E-state index is 12.7. The van der Waals surface area contributed by atoms with Crippen molar-refractivity contribution in [2.24, 2.45) is 0 Å². The molecule has 0 bridgehead atoms. The molecule has 2 atom stereocenters. The van der Waals surface area contributed by atoms with Crippen molar-refractivity contribution >= 4 is 18.0 Å². The maximum absolute atomic E-state index is 12.7. The lowest BCUT2D eigenvalue weighted by Crippen LogP contribution is -2.54. The van der Waals surface area contributed by atoms with Crippen LogP contribution in [-0.4, -0.2) is 65.5 Å². The molecule has 1 aliphatic rings. The molecule has 0 unspecified atom stereocenters. The normalized spacial score (nSPS) is 13.9. The third-order valence-electron chi connectivity index (χ3n) is 5.88. The number of amides is 2. The molecule has 1 aliphatic carbocycles. The predicted octanol–water partition coefficient (Wildman–Crippen LogP) is 2.08.